The lowest BCUT2D eigenvalue weighted by molar-refractivity contribution is 0.0778. The highest BCUT2D eigenvalue weighted by Crippen LogP contribution is 2.29. The lowest BCUT2D eigenvalue weighted by atomic mass is 9.85. The summed E-state index contributed by atoms with van der Waals surface area (Å²) in [5.41, 5.74) is 2.86. The van der Waals surface area contributed by atoms with Gasteiger partial charge in [-0.1, -0.05) is 38.1 Å². The van der Waals surface area contributed by atoms with Crippen molar-refractivity contribution in [1.82, 2.24) is 5.32 Å². The normalized spacial score (nSPS) is 17.7. The first-order chi connectivity index (χ1) is 10.5. The molecule has 1 aliphatic heterocycles. The Bertz CT molecular complexity index is 506. The Kier molecular flexibility index (Phi) is 6.16. The van der Waals surface area contributed by atoms with E-state index < -0.39 is 0 Å². The van der Waals surface area contributed by atoms with Crippen LogP contribution in [-0.2, 0) is 4.74 Å². The van der Waals surface area contributed by atoms with Crippen LogP contribution in [0.5, 0.6) is 0 Å². The lowest BCUT2D eigenvalue weighted by Gasteiger charge is -2.28. The van der Waals surface area contributed by atoms with Gasteiger partial charge < -0.3 is 10.1 Å². The van der Waals surface area contributed by atoms with Gasteiger partial charge in [0.1, 0.15) is 5.82 Å². The van der Waals surface area contributed by atoms with E-state index in [-0.39, 0.29) is 11.7 Å². The molecule has 3 heteroatoms. The molecule has 1 aliphatic rings. The molecule has 1 saturated heterocycles. The summed E-state index contributed by atoms with van der Waals surface area (Å²) in [6.07, 6.45) is 2.09. The molecule has 122 valence electrons. The van der Waals surface area contributed by atoms with E-state index in [1.807, 2.05) is 12.1 Å². The minimum absolute atomic E-state index is 0.134. The van der Waals surface area contributed by atoms with Crippen molar-refractivity contribution in [3.8, 4) is 0 Å². The van der Waals surface area contributed by atoms with E-state index in [1.54, 1.807) is 13.0 Å². The Morgan fingerprint density at radius 2 is 2.05 bits per heavy atom. The quantitative estimate of drug-likeness (QED) is 0.795. The summed E-state index contributed by atoms with van der Waals surface area (Å²) in [4.78, 5) is 0. The van der Waals surface area contributed by atoms with Crippen molar-refractivity contribution in [2.45, 2.75) is 45.6 Å². The van der Waals surface area contributed by atoms with Gasteiger partial charge in [-0.15, -0.1) is 0 Å². The van der Waals surface area contributed by atoms with Crippen molar-refractivity contribution in [2.24, 2.45) is 5.92 Å². The van der Waals surface area contributed by atoms with Gasteiger partial charge in [0, 0.05) is 31.7 Å². The summed E-state index contributed by atoms with van der Waals surface area (Å²) in [5, 5.41) is 3.63. The van der Waals surface area contributed by atoms with Crippen LogP contribution in [0, 0.1) is 18.7 Å². The van der Waals surface area contributed by atoms with Crippen LogP contribution in [0.15, 0.2) is 30.4 Å². The molecule has 0 aromatic heterocycles. The molecule has 1 heterocycles. The number of benzene rings is 1. The second kappa shape index (κ2) is 7.89. The first kappa shape index (κ1) is 17.2. The van der Waals surface area contributed by atoms with Crippen molar-refractivity contribution in [1.29, 1.82) is 0 Å². The number of halogens is 1. The van der Waals surface area contributed by atoms with Gasteiger partial charge in [0.15, 0.2) is 0 Å². The molecule has 0 unspecified atom stereocenters. The molecular formula is C19H28FNO. The topological polar surface area (TPSA) is 21.3 Å². The van der Waals surface area contributed by atoms with Gasteiger partial charge in [-0.2, -0.15) is 0 Å². The van der Waals surface area contributed by atoms with Crippen molar-refractivity contribution in [3.63, 3.8) is 0 Å². The third-order valence-corrected chi connectivity index (χ3v) is 4.62. The molecule has 22 heavy (non-hydrogen) atoms. The zero-order valence-electron chi connectivity index (χ0n) is 14.0. The number of hydrogen-bond acceptors (Lipinski definition) is 2. The standard InChI is InChI=1S/C19H28FNO/c1-13(2)15(4)18(12-21-17-7-9-22-10-8-17)16-6-5-14(3)19(20)11-16/h5-6,11,13,17-18,21H,4,7-10,12H2,1-3H3/t18-/m0/s1. The third-order valence-electron chi connectivity index (χ3n) is 4.62. The van der Waals surface area contributed by atoms with Gasteiger partial charge in [0.05, 0.1) is 0 Å². The van der Waals surface area contributed by atoms with Crippen LogP contribution in [0.1, 0.15) is 43.7 Å². The predicted octanol–water partition coefficient (Wildman–Crippen LogP) is 4.20. The maximum Gasteiger partial charge on any atom is 0.126 e. The highest BCUT2D eigenvalue weighted by molar-refractivity contribution is 5.32. The minimum Gasteiger partial charge on any atom is -0.381 e. The predicted molar refractivity (Wildman–Crippen MR) is 89.7 cm³/mol. The van der Waals surface area contributed by atoms with E-state index in [2.05, 4.69) is 25.7 Å². The lowest BCUT2D eigenvalue weighted by Crippen LogP contribution is -2.37. The number of aryl methyl sites for hydroxylation is 1. The maximum atomic E-state index is 13.9. The fraction of sp³-hybridized carbons (Fsp3) is 0.579. The van der Waals surface area contributed by atoms with Gasteiger partial charge in [-0.25, -0.2) is 4.39 Å². The summed E-state index contributed by atoms with van der Waals surface area (Å²) in [6.45, 7) is 12.8. The van der Waals surface area contributed by atoms with Gasteiger partial charge >= 0.3 is 0 Å². The van der Waals surface area contributed by atoms with E-state index >= 15 is 0 Å². The Morgan fingerprint density at radius 3 is 2.64 bits per heavy atom. The van der Waals surface area contributed by atoms with Crippen molar-refractivity contribution >= 4 is 0 Å². The summed E-state index contributed by atoms with van der Waals surface area (Å²) in [5.74, 6) is 0.397. The first-order valence-corrected chi connectivity index (χ1v) is 8.25. The average Bonchev–Trinajstić information content (AvgIpc) is 2.51. The maximum absolute atomic E-state index is 13.9. The van der Waals surface area contributed by atoms with Crippen molar-refractivity contribution in [3.05, 3.63) is 47.3 Å². The van der Waals surface area contributed by atoms with E-state index in [1.165, 1.54) is 0 Å². The minimum atomic E-state index is -0.134. The largest absolute Gasteiger partial charge is 0.381 e. The zero-order chi connectivity index (χ0) is 16.1. The Balaban J connectivity index is 2.11. The number of ether oxygens (including phenoxy) is 1. The van der Waals surface area contributed by atoms with E-state index in [9.17, 15) is 4.39 Å². The smallest absolute Gasteiger partial charge is 0.126 e. The van der Waals surface area contributed by atoms with Crippen LogP contribution in [0.25, 0.3) is 0 Å². The van der Waals surface area contributed by atoms with Gasteiger partial charge in [-0.05, 0) is 42.9 Å². The molecule has 2 nitrogen and oxygen atoms in total. The first-order valence-electron chi connectivity index (χ1n) is 8.25. The number of nitrogens with one attached hydrogen (secondary N) is 1. The Hall–Kier alpha value is -1.19. The molecule has 1 atom stereocenters. The summed E-state index contributed by atoms with van der Waals surface area (Å²) in [7, 11) is 0. The molecule has 0 bridgehead atoms. The molecule has 1 fully saturated rings. The Morgan fingerprint density at radius 1 is 1.36 bits per heavy atom. The van der Waals surface area contributed by atoms with Gasteiger partial charge in [0.2, 0.25) is 0 Å². The second-order valence-corrected chi connectivity index (χ2v) is 6.59. The van der Waals surface area contributed by atoms with Gasteiger partial charge in [-0.3, -0.25) is 0 Å². The zero-order valence-corrected chi connectivity index (χ0v) is 14.0. The summed E-state index contributed by atoms with van der Waals surface area (Å²) >= 11 is 0. The van der Waals surface area contributed by atoms with Crippen molar-refractivity contribution < 1.29 is 9.13 Å². The van der Waals surface area contributed by atoms with Crippen LogP contribution in [0.2, 0.25) is 0 Å². The summed E-state index contributed by atoms with van der Waals surface area (Å²) in [6, 6.07) is 6.05. The molecular weight excluding hydrogens is 277 g/mol. The average molecular weight is 305 g/mol. The van der Waals surface area contributed by atoms with Crippen LogP contribution >= 0.6 is 0 Å². The van der Waals surface area contributed by atoms with Crippen LogP contribution < -0.4 is 5.32 Å². The molecule has 0 spiro atoms. The van der Waals surface area contributed by atoms with Gasteiger partial charge in [0.25, 0.3) is 0 Å². The molecule has 0 radical (unpaired) electrons. The highest BCUT2D eigenvalue weighted by atomic mass is 19.1. The van der Waals surface area contributed by atoms with Crippen LogP contribution in [0.4, 0.5) is 4.39 Å². The summed E-state index contributed by atoms with van der Waals surface area (Å²) < 4.78 is 19.3. The second-order valence-electron chi connectivity index (χ2n) is 6.59. The highest BCUT2D eigenvalue weighted by Gasteiger charge is 2.21. The molecule has 1 aromatic rings. The van der Waals surface area contributed by atoms with Crippen molar-refractivity contribution in [2.75, 3.05) is 19.8 Å². The SMILES string of the molecule is C=C(C(C)C)[C@H](CNC1CCOCC1)c1ccc(C)c(F)c1. The van der Waals surface area contributed by atoms with Crippen LogP contribution in [0.3, 0.4) is 0 Å². The fourth-order valence-corrected chi connectivity index (χ4v) is 2.88. The number of rotatable bonds is 6. The molecule has 1 N–H and O–H groups in total. The van der Waals surface area contributed by atoms with E-state index in [4.69, 9.17) is 4.74 Å². The fourth-order valence-electron chi connectivity index (χ4n) is 2.88. The Labute approximate surface area is 133 Å². The molecule has 0 amide bonds. The number of hydrogen-bond donors (Lipinski definition) is 1. The molecule has 0 saturated carbocycles. The molecule has 0 aliphatic carbocycles. The monoisotopic (exact) mass is 305 g/mol. The molecule has 1 aromatic carbocycles. The third kappa shape index (κ3) is 4.40. The molecule has 2 rings (SSSR count). The van der Waals surface area contributed by atoms with E-state index in [0.717, 1.165) is 43.7 Å². The van der Waals surface area contributed by atoms with E-state index in [0.29, 0.717) is 17.5 Å². The van der Waals surface area contributed by atoms with Crippen LogP contribution in [-0.4, -0.2) is 25.8 Å².